The zero-order valence-electron chi connectivity index (χ0n) is 22.5. The number of rotatable bonds is 8. The number of aromatic amines is 1. The molecule has 3 atom stereocenters. The number of aromatic nitrogens is 1. The van der Waals surface area contributed by atoms with Crippen molar-refractivity contribution < 1.29 is 33.4 Å². The van der Waals surface area contributed by atoms with E-state index in [1.165, 1.54) is 36.4 Å². The average molecular weight is 622 g/mol. The van der Waals surface area contributed by atoms with Crippen molar-refractivity contribution in [3.63, 3.8) is 0 Å². The van der Waals surface area contributed by atoms with Gasteiger partial charge >= 0.3 is 4.87 Å². The number of thioether (sulfide) groups is 1. The van der Waals surface area contributed by atoms with Crippen LogP contribution in [0.15, 0.2) is 76.6 Å². The molecule has 1 aromatic heterocycles. The lowest BCUT2D eigenvalue weighted by molar-refractivity contribution is -0.122. The number of benzene rings is 3. The maximum absolute atomic E-state index is 13.9. The number of aromatic hydroxyl groups is 1. The van der Waals surface area contributed by atoms with Crippen molar-refractivity contribution in [2.45, 2.75) is 23.1 Å². The highest BCUT2D eigenvalue weighted by atomic mass is 32.2. The van der Waals surface area contributed by atoms with Crippen LogP contribution in [0.2, 0.25) is 0 Å². The third-order valence-corrected chi connectivity index (χ3v) is 9.45. The van der Waals surface area contributed by atoms with Crippen LogP contribution in [0.25, 0.3) is 0 Å². The molecule has 3 aromatic carbocycles. The fourth-order valence-corrected chi connectivity index (χ4v) is 7.73. The highest BCUT2D eigenvalue weighted by Crippen LogP contribution is 2.53. The number of hydrogen-bond donors (Lipinski definition) is 3. The molecule has 1 saturated heterocycles. The summed E-state index contributed by atoms with van der Waals surface area (Å²) in [6, 6.07) is 16.2. The summed E-state index contributed by atoms with van der Waals surface area (Å²) < 4.78 is 25.2. The number of phenolic OH excluding ortho intramolecular Hbond substituents is 1. The lowest BCUT2D eigenvalue weighted by Gasteiger charge is -2.30. The molecular weight excluding hydrogens is 597 g/mol. The number of phenols is 1. The highest BCUT2D eigenvalue weighted by molar-refractivity contribution is 8.00. The molecule has 6 rings (SSSR count). The molecule has 3 unspecified atom stereocenters. The van der Waals surface area contributed by atoms with Crippen LogP contribution in [-0.4, -0.2) is 46.3 Å². The lowest BCUT2D eigenvalue weighted by atomic mass is 9.83. The van der Waals surface area contributed by atoms with Gasteiger partial charge in [-0.2, -0.15) is 0 Å². The second-order valence-corrected chi connectivity index (χ2v) is 11.9. The van der Waals surface area contributed by atoms with E-state index in [9.17, 15) is 28.7 Å². The van der Waals surface area contributed by atoms with E-state index >= 15 is 0 Å². The van der Waals surface area contributed by atoms with Gasteiger partial charge in [0.25, 0.3) is 5.91 Å². The van der Waals surface area contributed by atoms with Gasteiger partial charge in [-0.15, -0.1) is 0 Å². The molecule has 3 amide bonds. The van der Waals surface area contributed by atoms with Crippen LogP contribution in [0.5, 0.6) is 17.2 Å². The molecule has 220 valence electrons. The Balaban J connectivity index is 1.31. The number of H-pyrrole nitrogens is 1. The third-order valence-electron chi connectivity index (χ3n) is 7.05. The number of fused-ring (bicyclic) bond motifs is 2. The number of hydrogen-bond acceptors (Lipinski definition) is 9. The molecule has 2 aliphatic heterocycles. The zero-order valence-corrected chi connectivity index (χ0v) is 24.2. The number of halogens is 1. The largest absolute Gasteiger partial charge is 0.508 e. The van der Waals surface area contributed by atoms with Crippen molar-refractivity contribution in [2.24, 2.45) is 5.92 Å². The van der Waals surface area contributed by atoms with Gasteiger partial charge in [-0.3, -0.25) is 19.2 Å². The third kappa shape index (κ3) is 5.48. The Bertz CT molecular complexity index is 1770. The molecule has 0 radical (unpaired) electrons. The maximum atomic E-state index is 13.9. The Hall–Kier alpha value is -4.62. The molecule has 10 nitrogen and oxygen atoms in total. The van der Waals surface area contributed by atoms with Crippen molar-refractivity contribution in [2.75, 3.05) is 23.4 Å². The second kappa shape index (κ2) is 11.6. The molecule has 3 N–H and O–H groups in total. The van der Waals surface area contributed by atoms with Crippen molar-refractivity contribution in [1.29, 1.82) is 0 Å². The smallest absolute Gasteiger partial charge is 0.305 e. The number of thiazole rings is 1. The number of amides is 3. The summed E-state index contributed by atoms with van der Waals surface area (Å²) in [4.78, 5) is 56.5. The van der Waals surface area contributed by atoms with Crippen LogP contribution >= 0.6 is 23.1 Å². The minimum Gasteiger partial charge on any atom is -0.508 e. The molecule has 0 spiro atoms. The first-order valence-corrected chi connectivity index (χ1v) is 14.9. The van der Waals surface area contributed by atoms with Crippen molar-refractivity contribution in [3.05, 3.63) is 92.7 Å². The van der Waals surface area contributed by atoms with E-state index in [0.29, 0.717) is 26.9 Å². The Morgan fingerprint density at radius 3 is 2.47 bits per heavy atom. The number of ether oxygens (including phenoxy) is 2. The number of carbonyl (C=O) groups is 3. The monoisotopic (exact) mass is 621 g/mol. The maximum Gasteiger partial charge on any atom is 0.305 e. The average Bonchev–Trinajstić information content (AvgIpc) is 3.48. The Kier molecular flexibility index (Phi) is 7.67. The van der Waals surface area contributed by atoms with Crippen LogP contribution in [0, 0.1) is 11.7 Å². The first-order chi connectivity index (χ1) is 20.7. The van der Waals surface area contributed by atoms with Gasteiger partial charge in [0.2, 0.25) is 11.8 Å². The van der Waals surface area contributed by atoms with Gasteiger partial charge in [0.15, 0.2) is 18.1 Å². The normalized spacial score (nSPS) is 19.1. The molecule has 0 saturated carbocycles. The predicted octanol–water partition coefficient (Wildman–Crippen LogP) is 4.49. The fourth-order valence-electron chi connectivity index (χ4n) is 5.21. The molecule has 43 heavy (non-hydrogen) atoms. The quantitative estimate of drug-likeness (QED) is 0.193. The van der Waals surface area contributed by atoms with E-state index in [1.54, 1.807) is 37.3 Å². The van der Waals surface area contributed by atoms with Crippen molar-refractivity contribution in [1.82, 2.24) is 4.98 Å². The SMILES string of the molecule is CCOc1cc(C2c3sc(=O)[nH]c3SC3C(=O)N(c4ccc(F)cc4)C(=O)C32)ccc1OCC(=O)Nc1ccc(O)cc1. The Morgan fingerprint density at radius 2 is 1.74 bits per heavy atom. The number of carbonyl (C=O) groups excluding carboxylic acids is 3. The van der Waals surface area contributed by atoms with E-state index < -0.39 is 40.6 Å². The summed E-state index contributed by atoms with van der Waals surface area (Å²) in [6.45, 7) is 1.75. The van der Waals surface area contributed by atoms with Crippen molar-refractivity contribution >= 4 is 52.2 Å². The first kappa shape index (κ1) is 28.5. The molecular formula is C30H24FN3O7S2. The molecule has 3 heterocycles. The lowest BCUT2D eigenvalue weighted by Crippen LogP contribution is -2.32. The summed E-state index contributed by atoms with van der Waals surface area (Å²) in [5.41, 5.74) is 1.38. The zero-order chi connectivity index (χ0) is 30.2. The van der Waals surface area contributed by atoms with Crippen LogP contribution in [-0.2, 0) is 14.4 Å². The predicted molar refractivity (Wildman–Crippen MR) is 159 cm³/mol. The van der Waals surface area contributed by atoms with Crippen molar-refractivity contribution in [3.8, 4) is 17.2 Å². The molecule has 13 heteroatoms. The van der Waals surface area contributed by atoms with E-state index in [0.717, 1.165) is 28.0 Å². The number of nitrogens with one attached hydrogen (secondary N) is 2. The number of imide groups is 1. The van der Waals surface area contributed by atoms with Crippen LogP contribution in [0.3, 0.4) is 0 Å². The van der Waals surface area contributed by atoms with E-state index in [2.05, 4.69) is 10.3 Å². The van der Waals surface area contributed by atoms with Crippen LogP contribution in [0.4, 0.5) is 15.8 Å². The Labute approximate surface area is 252 Å². The summed E-state index contributed by atoms with van der Waals surface area (Å²) in [5, 5.41) is 11.8. The second-order valence-electron chi connectivity index (χ2n) is 9.76. The van der Waals surface area contributed by atoms with Crippen LogP contribution < -0.4 is 24.6 Å². The van der Waals surface area contributed by atoms with Gasteiger partial charge in [0, 0.05) is 16.5 Å². The van der Waals surface area contributed by atoms with Gasteiger partial charge in [-0.25, -0.2) is 9.29 Å². The van der Waals surface area contributed by atoms with Gasteiger partial charge in [-0.05, 0) is 73.2 Å². The standard InChI is InChI=1S/C30H24FN3O7S2/c1-2-40-21-13-15(3-12-20(21)41-14-22(36)32-17-6-10-19(35)11-7-17)23-24-26(42-27-25(23)43-30(39)33-27)29(38)34(28(24)37)18-8-4-16(31)5-9-18/h3-13,23-24,26,35H,2,14H2,1H3,(H,32,36)(H,33,39). The number of anilines is 2. The summed E-state index contributed by atoms with van der Waals surface area (Å²) in [7, 11) is 0. The molecule has 2 aliphatic rings. The highest BCUT2D eigenvalue weighted by Gasteiger charge is 2.56. The minimum atomic E-state index is -0.834. The molecule has 0 bridgehead atoms. The summed E-state index contributed by atoms with van der Waals surface area (Å²) in [6.07, 6.45) is 0. The van der Waals surface area contributed by atoms with Gasteiger partial charge in [-0.1, -0.05) is 29.2 Å². The summed E-state index contributed by atoms with van der Waals surface area (Å²) >= 11 is 2.12. The minimum absolute atomic E-state index is 0.0736. The van der Waals surface area contributed by atoms with Crippen LogP contribution in [0.1, 0.15) is 23.3 Å². The fraction of sp³-hybridized carbons (Fsp3) is 0.200. The summed E-state index contributed by atoms with van der Waals surface area (Å²) in [5.74, 6) is -2.62. The Morgan fingerprint density at radius 1 is 1.00 bits per heavy atom. The van der Waals surface area contributed by atoms with E-state index in [1.807, 2.05) is 0 Å². The molecule has 0 aliphatic carbocycles. The molecule has 4 aromatic rings. The topological polar surface area (TPSA) is 138 Å². The number of nitrogens with zero attached hydrogens (tertiary/aromatic N) is 1. The first-order valence-electron chi connectivity index (χ1n) is 13.2. The van der Waals surface area contributed by atoms with E-state index in [4.69, 9.17) is 9.47 Å². The van der Waals surface area contributed by atoms with Gasteiger partial charge in [0.1, 0.15) is 16.8 Å². The van der Waals surface area contributed by atoms with Gasteiger partial charge in [0.05, 0.1) is 23.2 Å². The molecule has 1 fully saturated rings. The van der Waals surface area contributed by atoms with Gasteiger partial charge < -0.3 is 24.9 Å². The van der Waals surface area contributed by atoms with E-state index in [-0.39, 0.29) is 35.3 Å².